The molecule has 0 bridgehead atoms. The van der Waals surface area contributed by atoms with Gasteiger partial charge >= 0.3 is 0 Å². The van der Waals surface area contributed by atoms with Crippen LogP contribution in [0, 0.1) is 6.92 Å². The maximum absolute atomic E-state index is 5.08. The van der Waals surface area contributed by atoms with Crippen LogP contribution in [-0.2, 0) is 13.0 Å². The molecule has 2 N–H and O–H groups in total. The Morgan fingerprint density at radius 2 is 2.21 bits per heavy atom. The first-order chi connectivity index (χ1) is 11.8. The summed E-state index contributed by atoms with van der Waals surface area (Å²) < 4.78 is 7.02. The van der Waals surface area contributed by atoms with Gasteiger partial charge in [0.1, 0.15) is 0 Å². The summed E-state index contributed by atoms with van der Waals surface area (Å²) in [6.45, 7) is 3.10. The molecule has 0 atom stereocenters. The monoisotopic (exact) mass is 328 g/mol. The largest absolute Gasteiger partial charge is 0.356 e. The molecule has 3 heterocycles. The van der Waals surface area contributed by atoms with Crippen molar-refractivity contribution in [3.63, 3.8) is 0 Å². The topological polar surface area (TPSA) is 106 Å². The number of rotatable bonds is 6. The minimum absolute atomic E-state index is 0.535. The van der Waals surface area contributed by atoms with Gasteiger partial charge in [-0.1, -0.05) is 11.2 Å². The quantitative estimate of drug-likeness (QED) is 0.390. The zero-order chi connectivity index (χ0) is 16.8. The molecule has 0 amide bonds. The van der Waals surface area contributed by atoms with Gasteiger partial charge in [-0.3, -0.25) is 9.39 Å². The molecule has 0 aliphatic carbocycles. The SMILES string of the molecule is CN=C(NCCCc1nc(C)no1)NCc1nnc2ccccn12. The molecule has 0 saturated heterocycles. The summed E-state index contributed by atoms with van der Waals surface area (Å²) in [6.07, 6.45) is 3.55. The summed E-state index contributed by atoms with van der Waals surface area (Å²) in [5, 5.41) is 18.6. The van der Waals surface area contributed by atoms with Crippen molar-refractivity contribution < 1.29 is 4.52 Å². The van der Waals surface area contributed by atoms with Gasteiger partial charge in [-0.25, -0.2) is 0 Å². The first-order valence-corrected chi connectivity index (χ1v) is 7.78. The minimum Gasteiger partial charge on any atom is -0.356 e. The number of aliphatic imine (C=N–C) groups is 1. The lowest BCUT2D eigenvalue weighted by atomic mass is 10.3. The third-order valence-electron chi connectivity index (χ3n) is 3.45. The van der Waals surface area contributed by atoms with Crippen LogP contribution in [0.4, 0.5) is 0 Å². The lowest BCUT2D eigenvalue weighted by molar-refractivity contribution is 0.372. The van der Waals surface area contributed by atoms with Gasteiger partial charge in [0, 0.05) is 26.2 Å². The van der Waals surface area contributed by atoms with Gasteiger partial charge in [0.15, 0.2) is 23.3 Å². The van der Waals surface area contributed by atoms with Gasteiger partial charge in [-0.05, 0) is 25.5 Å². The number of hydrogen-bond donors (Lipinski definition) is 2. The van der Waals surface area contributed by atoms with Crippen LogP contribution >= 0.6 is 0 Å². The van der Waals surface area contributed by atoms with Crippen molar-refractivity contribution >= 4 is 11.6 Å². The van der Waals surface area contributed by atoms with Crippen LogP contribution in [0.25, 0.3) is 5.65 Å². The number of nitrogens with one attached hydrogen (secondary N) is 2. The fourth-order valence-electron chi connectivity index (χ4n) is 2.28. The van der Waals surface area contributed by atoms with E-state index in [0.717, 1.165) is 30.9 Å². The van der Waals surface area contributed by atoms with E-state index in [4.69, 9.17) is 4.52 Å². The molecule has 3 aromatic rings. The zero-order valence-corrected chi connectivity index (χ0v) is 13.7. The van der Waals surface area contributed by atoms with Crippen LogP contribution in [0.3, 0.4) is 0 Å². The Balaban J connectivity index is 1.45. The van der Waals surface area contributed by atoms with Gasteiger partial charge < -0.3 is 15.2 Å². The Hall–Kier alpha value is -2.97. The van der Waals surface area contributed by atoms with E-state index in [-0.39, 0.29) is 0 Å². The van der Waals surface area contributed by atoms with E-state index in [1.54, 1.807) is 7.05 Å². The standard InChI is InChI=1S/C15H20N8O/c1-11-19-14(24-22-11)7-5-8-17-15(16-2)18-10-13-21-20-12-6-3-4-9-23(12)13/h3-4,6,9H,5,7-8,10H2,1-2H3,(H2,16,17,18). The lowest BCUT2D eigenvalue weighted by Crippen LogP contribution is -2.37. The van der Waals surface area contributed by atoms with Gasteiger partial charge in [0.2, 0.25) is 5.89 Å². The molecular weight excluding hydrogens is 308 g/mol. The van der Waals surface area contributed by atoms with Crippen molar-refractivity contribution in [1.29, 1.82) is 0 Å². The number of aryl methyl sites for hydroxylation is 2. The van der Waals surface area contributed by atoms with Crippen molar-refractivity contribution in [1.82, 2.24) is 35.4 Å². The van der Waals surface area contributed by atoms with Crippen molar-refractivity contribution in [2.45, 2.75) is 26.3 Å². The number of fused-ring (bicyclic) bond motifs is 1. The molecule has 3 aromatic heterocycles. The van der Waals surface area contributed by atoms with Crippen molar-refractivity contribution in [3.8, 4) is 0 Å². The van der Waals surface area contributed by atoms with Crippen molar-refractivity contribution in [2.24, 2.45) is 4.99 Å². The number of nitrogens with zero attached hydrogens (tertiary/aromatic N) is 6. The maximum atomic E-state index is 5.08. The van der Waals surface area contributed by atoms with Crippen LogP contribution in [0.2, 0.25) is 0 Å². The van der Waals surface area contributed by atoms with Gasteiger partial charge in [0.05, 0.1) is 6.54 Å². The number of hydrogen-bond acceptors (Lipinski definition) is 6. The van der Waals surface area contributed by atoms with E-state index in [1.165, 1.54) is 0 Å². The average molecular weight is 328 g/mol. The highest BCUT2D eigenvalue weighted by molar-refractivity contribution is 5.79. The Morgan fingerprint density at radius 3 is 3.00 bits per heavy atom. The Bertz CT molecular complexity index is 822. The van der Waals surface area contributed by atoms with E-state index >= 15 is 0 Å². The van der Waals surface area contributed by atoms with Crippen LogP contribution < -0.4 is 10.6 Å². The molecule has 0 fully saturated rings. The molecule has 0 aliphatic rings. The number of pyridine rings is 1. The third-order valence-corrected chi connectivity index (χ3v) is 3.45. The smallest absolute Gasteiger partial charge is 0.226 e. The summed E-state index contributed by atoms with van der Waals surface area (Å²) >= 11 is 0. The molecule has 0 aromatic carbocycles. The average Bonchev–Trinajstić information content (AvgIpc) is 3.20. The fraction of sp³-hybridized carbons (Fsp3) is 0.400. The molecule has 3 rings (SSSR count). The Morgan fingerprint density at radius 1 is 1.29 bits per heavy atom. The Kier molecular flexibility index (Phi) is 4.99. The third kappa shape index (κ3) is 3.86. The molecule has 0 spiro atoms. The number of aromatic nitrogens is 5. The van der Waals surface area contributed by atoms with Crippen molar-refractivity contribution in [3.05, 3.63) is 41.9 Å². The molecule has 9 nitrogen and oxygen atoms in total. The highest BCUT2D eigenvalue weighted by Gasteiger charge is 2.06. The van der Waals surface area contributed by atoms with Crippen molar-refractivity contribution in [2.75, 3.05) is 13.6 Å². The molecule has 126 valence electrons. The predicted molar refractivity (Wildman–Crippen MR) is 88.5 cm³/mol. The van der Waals surface area contributed by atoms with E-state index < -0.39 is 0 Å². The Labute approximate surface area is 139 Å². The van der Waals surface area contributed by atoms with Crippen LogP contribution in [0.15, 0.2) is 33.9 Å². The fourth-order valence-corrected chi connectivity index (χ4v) is 2.28. The van der Waals surface area contributed by atoms with E-state index in [0.29, 0.717) is 24.2 Å². The molecule has 24 heavy (non-hydrogen) atoms. The summed E-state index contributed by atoms with van der Waals surface area (Å²) in [5.41, 5.74) is 0.826. The highest BCUT2D eigenvalue weighted by atomic mass is 16.5. The molecule has 0 saturated carbocycles. The minimum atomic E-state index is 0.535. The zero-order valence-electron chi connectivity index (χ0n) is 13.7. The summed E-state index contributed by atoms with van der Waals surface area (Å²) in [4.78, 5) is 8.38. The normalized spacial score (nSPS) is 11.8. The second-order valence-electron chi connectivity index (χ2n) is 5.24. The summed E-state index contributed by atoms with van der Waals surface area (Å²) in [7, 11) is 1.73. The maximum Gasteiger partial charge on any atom is 0.226 e. The summed E-state index contributed by atoms with van der Waals surface area (Å²) in [5.74, 6) is 2.86. The van der Waals surface area contributed by atoms with E-state index in [2.05, 4.69) is 36.0 Å². The van der Waals surface area contributed by atoms with E-state index in [9.17, 15) is 0 Å². The van der Waals surface area contributed by atoms with Crippen LogP contribution in [-0.4, -0.2) is 44.3 Å². The first kappa shape index (κ1) is 15.9. The van der Waals surface area contributed by atoms with Gasteiger partial charge in [-0.2, -0.15) is 4.98 Å². The second kappa shape index (κ2) is 7.53. The molecular formula is C15H20N8O. The van der Waals surface area contributed by atoms with Gasteiger partial charge in [0.25, 0.3) is 0 Å². The second-order valence-corrected chi connectivity index (χ2v) is 5.24. The number of guanidine groups is 1. The molecule has 9 heteroatoms. The van der Waals surface area contributed by atoms with Gasteiger partial charge in [-0.15, -0.1) is 10.2 Å². The molecule has 0 radical (unpaired) electrons. The van der Waals surface area contributed by atoms with Crippen LogP contribution in [0.1, 0.15) is 24.0 Å². The summed E-state index contributed by atoms with van der Waals surface area (Å²) in [6, 6.07) is 5.81. The predicted octanol–water partition coefficient (Wildman–Crippen LogP) is 0.719. The lowest BCUT2D eigenvalue weighted by Gasteiger charge is -2.10. The highest BCUT2D eigenvalue weighted by Crippen LogP contribution is 2.02. The molecule has 0 aliphatic heterocycles. The van der Waals surface area contributed by atoms with Crippen LogP contribution in [0.5, 0.6) is 0 Å². The van der Waals surface area contributed by atoms with E-state index in [1.807, 2.05) is 35.7 Å². The molecule has 0 unspecified atom stereocenters. The first-order valence-electron chi connectivity index (χ1n) is 7.78.